The molecule has 1 saturated heterocycles. The minimum atomic E-state index is 0. The zero-order chi connectivity index (χ0) is 15.6. The van der Waals surface area contributed by atoms with Gasteiger partial charge in [0.05, 0.1) is 6.54 Å². The molecule has 0 bridgehead atoms. The number of halogens is 1. The van der Waals surface area contributed by atoms with Gasteiger partial charge in [-0.25, -0.2) is 0 Å². The summed E-state index contributed by atoms with van der Waals surface area (Å²) in [6.45, 7) is 2.79. The highest BCUT2D eigenvalue weighted by Gasteiger charge is 2.16. The van der Waals surface area contributed by atoms with Gasteiger partial charge >= 0.3 is 0 Å². The molecule has 1 fully saturated rings. The lowest BCUT2D eigenvalue weighted by molar-refractivity contribution is -0.130. The summed E-state index contributed by atoms with van der Waals surface area (Å²) in [5, 5.41) is 6.28. The zero-order valence-corrected chi connectivity index (χ0v) is 16.0. The van der Waals surface area contributed by atoms with Gasteiger partial charge in [-0.15, -0.1) is 24.0 Å². The van der Waals surface area contributed by atoms with E-state index in [2.05, 4.69) is 20.6 Å². The smallest absolute Gasteiger partial charge is 0.241 e. The molecule has 7 heteroatoms. The van der Waals surface area contributed by atoms with E-state index in [-0.39, 0.29) is 29.9 Å². The summed E-state index contributed by atoms with van der Waals surface area (Å²) in [6.07, 6.45) is 6.07. The number of hydrogen-bond donors (Lipinski definition) is 2. The van der Waals surface area contributed by atoms with Crippen LogP contribution in [0.5, 0.6) is 0 Å². The summed E-state index contributed by atoms with van der Waals surface area (Å²) in [6, 6.07) is 5.88. The fraction of sp³-hybridized carbons (Fsp3) is 0.562. The number of amides is 1. The third-order valence-electron chi connectivity index (χ3n) is 3.74. The van der Waals surface area contributed by atoms with Crippen molar-refractivity contribution in [1.82, 2.24) is 20.5 Å². The van der Waals surface area contributed by atoms with E-state index in [4.69, 9.17) is 0 Å². The van der Waals surface area contributed by atoms with Crippen molar-refractivity contribution in [2.24, 2.45) is 4.99 Å². The first kappa shape index (κ1) is 19.7. The fourth-order valence-corrected chi connectivity index (χ4v) is 2.49. The second-order valence-electron chi connectivity index (χ2n) is 5.37. The molecule has 1 aliphatic heterocycles. The predicted molar refractivity (Wildman–Crippen MR) is 103 cm³/mol. The molecule has 0 aromatic carbocycles. The molecule has 2 heterocycles. The Hall–Kier alpha value is -1.38. The van der Waals surface area contributed by atoms with Gasteiger partial charge in [-0.1, -0.05) is 6.07 Å². The van der Waals surface area contributed by atoms with E-state index >= 15 is 0 Å². The van der Waals surface area contributed by atoms with E-state index < -0.39 is 0 Å². The summed E-state index contributed by atoms with van der Waals surface area (Å²) >= 11 is 0. The number of piperidine rings is 1. The SMILES string of the molecule is CN=C(NCCc1ccccn1)NCC(=O)N1CCCCC1.I. The third kappa shape index (κ3) is 7.15. The topological polar surface area (TPSA) is 69.6 Å². The number of nitrogens with zero attached hydrogens (tertiary/aromatic N) is 3. The molecule has 2 N–H and O–H groups in total. The van der Waals surface area contributed by atoms with E-state index in [0.29, 0.717) is 12.5 Å². The number of pyridine rings is 1. The van der Waals surface area contributed by atoms with Crippen LogP contribution in [-0.4, -0.2) is 55.0 Å². The van der Waals surface area contributed by atoms with Crippen LogP contribution in [0, 0.1) is 0 Å². The van der Waals surface area contributed by atoms with Crippen LogP contribution in [0.4, 0.5) is 0 Å². The molecule has 0 atom stereocenters. The average molecular weight is 431 g/mol. The Morgan fingerprint density at radius 3 is 2.70 bits per heavy atom. The highest BCUT2D eigenvalue weighted by molar-refractivity contribution is 14.0. The highest BCUT2D eigenvalue weighted by atomic mass is 127. The maximum absolute atomic E-state index is 12.1. The first-order chi connectivity index (χ1) is 10.8. The van der Waals surface area contributed by atoms with E-state index in [1.165, 1.54) is 6.42 Å². The Balaban J connectivity index is 0.00000264. The number of aliphatic imine (C=N–C) groups is 1. The lowest BCUT2D eigenvalue weighted by atomic mass is 10.1. The lowest BCUT2D eigenvalue weighted by Gasteiger charge is -2.27. The first-order valence-electron chi connectivity index (χ1n) is 7.92. The molecular formula is C16H26IN5O. The normalized spacial score (nSPS) is 14.8. The summed E-state index contributed by atoms with van der Waals surface area (Å²) < 4.78 is 0. The number of guanidine groups is 1. The van der Waals surface area contributed by atoms with Gasteiger partial charge in [-0.2, -0.15) is 0 Å². The maximum atomic E-state index is 12.1. The van der Waals surface area contributed by atoms with Gasteiger partial charge in [0.25, 0.3) is 0 Å². The summed E-state index contributed by atoms with van der Waals surface area (Å²) in [7, 11) is 1.71. The Labute approximate surface area is 155 Å². The minimum Gasteiger partial charge on any atom is -0.356 e. The fourth-order valence-electron chi connectivity index (χ4n) is 2.49. The molecule has 1 amide bonds. The molecular weight excluding hydrogens is 405 g/mol. The van der Waals surface area contributed by atoms with Crippen LogP contribution in [0.15, 0.2) is 29.4 Å². The molecule has 0 radical (unpaired) electrons. The largest absolute Gasteiger partial charge is 0.356 e. The number of hydrogen-bond acceptors (Lipinski definition) is 3. The Kier molecular flexibility index (Phi) is 9.58. The van der Waals surface area contributed by atoms with E-state index in [0.717, 1.165) is 44.6 Å². The van der Waals surface area contributed by atoms with Crippen LogP contribution in [0.25, 0.3) is 0 Å². The van der Waals surface area contributed by atoms with E-state index in [1.807, 2.05) is 23.1 Å². The van der Waals surface area contributed by atoms with Gasteiger partial charge in [-0.3, -0.25) is 14.8 Å². The number of nitrogens with one attached hydrogen (secondary N) is 2. The summed E-state index contributed by atoms with van der Waals surface area (Å²) in [5.41, 5.74) is 1.04. The number of aromatic nitrogens is 1. The second-order valence-corrected chi connectivity index (χ2v) is 5.37. The molecule has 1 aliphatic rings. The molecule has 0 unspecified atom stereocenters. The number of likely N-dealkylation sites (tertiary alicyclic amines) is 1. The van der Waals surface area contributed by atoms with E-state index in [9.17, 15) is 4.79 Å². The molecule has 0 saturated carbocycles. The Bertz CT molecular complexity index is 489. The molecule has 1 aromatic heterocycles. The second kappa shape index (κ2) is 11.2. The van der Waals surface area contributed by atoms with Crippen LogP contribution in [0.3, 0.4) is 0 Å². The predicted octanol–water partition coefficient (Wildman–Crippen LogP) is 1.42. The van der Waals surface area contributed by atoms with Gasteiger partial charge in [0.2, 0.25) is 5.91 Å². The van der Waals surface area contributed by atoms with Crippen molar-refractivity contribution < 1.29 is 4.79 Å². The van der Waals surface area contributed by atoms with Crippen molar-refractivity contribution >= 4 is 35.8 Å². The van der Waals surface area contributed by atoms with Gasteiger partial charge in [0, 0.05) is 45.0 Å². The van der Waals surface area contributed by atoms with Crippen LogP contribution >= 0.6 is 24.0 Å². The molecule has 0 aliphatic carbocycles. The van der Waals surface area contributed by atoms with Crippen molar-refractivity contribution in [3.05, 3.63) is 30.1 Å². The average Bonchev–Trinajstić information content (AvgIpc) is 2.59. The molecule has 6 nitrogen and oxygen atoms in total. The maximum Gasteiger partial charge on any atom is 0.241 e. The van der Waals surface area contributed by atoms with Gasteiger partial charge in [0.1, 0.15) is 0 Å². The highest BCUT2D eigenvalue weighted by Crippen LogP contribution is 2.08. The van der Waals surface area contributed by atoms with E-state index in [1.54, 1.807) is 13.2 Å². The Morgan fingerprint density at radius 2 is 2.04 bits per heavy atom. The van der Waals surface area contributed by atoms with Gasteiger partial charge < -0.3 is 15.5 Å². The van der Waals surface area contributed by atoms with Crippen molar-refractivity contribution in [3.63, 3.8) is 0 Å². The third-order valence-corrected chi connectivity index (χ3v) is 3.74. The van der Waals surface area contributed by atoms with Crippen molar-refractivity contribution in [2.75, 3.05) is 33.2 Å². The number of carbonyl (C=O) groups is 1. The summed E-state index contributed by atoms with van der Waals surface area (Å²) in [4.78, 5) is 22.4. The van der Waals surface area contributed by atoms with Crippen LogP contribution in [-0.2, 0) is 11.2 Å². The van der Waals surface area contributed by atoms with Crippen LogP contribution in [0.2, 0.25) is 0 Å². The quantitative estimate of drug-likeness (QED) is 0.421. The standard InChI is InChI=1S/C16H25N5O.HI/c1-17-16(19-10-8-14-7-3-4-9-18-14)20-13-15(22)21-11-5-2-6-12-21;/h3-4,7,9H,2,5-6,8,10-13H2,1H3,(H2,17,19,20);1H. The van der Waals surface area contributed by atoms with Gasteiger partial charge in [0.15, 0.2) is 5.96 Å². The molecule has 23 heavy (non-hydrogen) atoms. The number of carbonyl (C=O) groups excluding carboxylic acids is 1. The van der Waals surface area contributed by atoms with Gasteiger partial charge in [-0.05, 0) is 31.4 Å². The zero-order valence-electron chi connectivity index (χ0n) is 13.6. The summed E-state index contributed by atoms with van der Waals surface area (Å²) in [5.74, 6) is 0.800. The molecule has 1 aromatic rings. The monoisotopic (exact) mass is 431 g/mol. The van der Waals surface area contributed by atoms with Crippen LogP contribution in [0.1, 0.15) is 25.0 Å². The molecule has 128 valence electrons. The van der Waals surface area contributed by atoms with Crippen molar-refractivity contribution in [3.8, 4) is 0 Å². The van der Waals surface area contributed by atoms with Crippen LogP contribution < -0.4 is 10.6 Å². The lowest BCUT2D eigenvalue weighted by Crippen LogP contribution is -2.46. The van der Waals surface area contributed by atoms with Crippen molar-refractivity contribution in [1.29, 1.82) is 0 Å². The minimum absolute atomic E-state index is 0. The Morgan fingerprint density at radius 1 is 1.26 bits per heavy atom. The first-order valence-corrected chi connectivity index (χ1v) is 7.92. The number of rotatable bonds is 5. The molecule has 0 spiro atoms. The van der Waals surface area contributed by atoms with Crippen molar-refractivity contribution in [2.45, 2.75) is 25.7 Å². The molecule has 2 rings (SSSR count).